The van der Waals surface area contributed by atoms with Gasteiger partial charge < -0.3 is 14.9 Å². The van der Waals surface area contributed by atoms with E-state index in [2.05, 4.69) is 0 Å². The highest BCUT2D eigenvalue weighted by atomic mass is 16.5. The summed E-state index contributed by atoms with van der Waals surface area (Å²) in [4.78, 5) is 12.2. The van der Waals surface area contributed by atoms with Crippen LogP contribution in [-0.2, 0) is 9.53 Å². The lowest BCUT2D eigenvalue weighted by atomic mass is 9.81. The Hall–Kier alpha value is -1.39. The Labute approximate surface area is 119 Å². The average Bonchev–Trinajstić information content (AvgIpc) is 2.30. The Morgan fingerprint density at radius 2 is 2.00 bits per heavy atom. The number of aliphatic hydroxyl groups is 2. The van der Waals surface area contributed by atoms with Crippen molar-refractivity contribution in [2.24, 2.45) is 0 Å². The van der Waals surface area contributed by atoms with E-state index in [1.807, 2.05) is 33.8 Å². The first-order valence-corrected chi connectivity index (χ1v) is 6.88. The molecule has 20 heavy (non-hydrogen) atoms. The molecule has 0 fully saturated rings. The van der Waals surface area contributed by atoms with E-state index in [9.17, 15) is 15.0 Å². The molecule has 0 aromatic carbocycles. The maximum absolute atomic E-state index is 12.2. The molecule has 2 atom stereocenters. The highest BCUT2D eigenvalue weighted by Crippen LogP contribution is 2.40. The van der Waals surface area contributed by atoms with Crippen LogP contribution in [0.2, 0.25) is 0 Å². The molecule has 4 heteroatoms. The minimum atomic E-state index is -1.02. The van der Waals surface area contributed by atoms with Gasteiger partial charge in [0.15, 0.2) is 5.78 Å². The van der Waals surface area contributed by atoms with Crippen molar-refractivity contribution in [3.05, 3.63) is 34.6 Å². The van der Waals surface area contributed by atoms with E-state index in [1.165, 1.54) is 0 Å². The average molecular weight is 278 g/mol. The van der Waals surface area contributed by atoms with Gasteiger partial charge in [0.05, 0.1) is 12.5 Å². The fourth-order valence-electron chi connectivity index (χ4n) is 2.53. The predicted octanol–water partition coefficient (Wildman–Crippen LogP) is 2.03. The van der Waals surface area contributed by atoms with Crippen LogP contribution in [0.1, 0.15) is 40.5 Å². The molecule has 0 saturated heterocycles. The second-order valence-corrected chi connectivity index (χ2v) is 6.35. The topological polar surface area (TPSA) is 66.8 Å². The third-order valence-electron chi connectivity index (χ3n) is 3.53. The van der Waals surface area contributed by atoms with E-state index in [0.29, 0.717) is 23.3 Å². The first-order chi connectivity index (χ1) is 9.21. The Morgan fingerprint density at radius 1 is 1.35 bits per heavy atom. The third-order valence-corrected chi connectivity index (χ3v) is 3.53. The second kappa shape index (κ2) is 5.19. The first-order valence-electron chi connectivity index (χ1n) is 6.88. The van der Waals surface area contributed by atoms with Gasteiger partial charge in [-0.05, 0) is 27.7 Å². The van der Waals surface area contributed by atoms with Crippen LogP contribution in [0.25, 0.3) is 0 Å². The monoisotopic (exact) mass is 278 g/mol. The molecule has 1 aliphatic heterocycles. The molecular weight excluding hydrogens is 256 g/mol. The lowest BCUT2D eigenvalue weighted by Crippen LogP contribution is -2.42. The molecule has 2 aliphatic rings. The largest absolute Gasteiger partial charge is 0.487 e. The van der Waals surface area contributed by atoms with Crippen molar-refractivity contribution in [1.29, 1.82) is 0 Å². The van der Waals surface area contributed by atoms with Crippen LogP contribution in [0.5, 0.6) is 0 Å². The van der Waals surface area contributed by atoms with Crippen molar-refractivity contribution < 1.29 is 19.7 Å². The maximum Gasteiger partial charge on any atom is 0.166 e. The number of hydrogen-bond acceptors (Lipinski definition) is 4. The lowest BCUT2D eigenvalue weighted by molar-refractivity contribution is -0.124. The molecular formula is C16H22O4. The molecule has 0 bridgehead atoms. The quantitative estimate of drug-likeness (QED) is 0.770. The summed E-state index contributed by atoms with van der Waals surface area (Å²) >= 11 is 0. The van der Waals surface area contributed by atoms with Crippen molar-refractivity contribution in [2.75, 3.05) is 0 Å². The number of carbonyl (C=O) groups excluding carboxylic acids is 1. The van der Waals surface area contributed by atoms with Crippen LogP contribution >= 0.6 is 0 Å². The Morgan fingerprint density at radius 3 is 2.60 bits per heavy atom. The van der Waals surface area contributed by atoms with Gasteiger partial charge in [-0.1, -0.05) is 17.7 Å². The van der Waals surface area contributed by atoms with Gasteiger partial charge in [0.2, 0.25) is 0 Å². The minimum absolute atomic E-state index is 0.00898. The second-order valence-electron chi connectivity index (χ2n) is 6.35. The van der Waals surface area contributed by atoms with Gasteiger partial charge in [0.25, 0.3) is 0 Å². The molecule has 1 heterocycles. The van der Waals surface area contributed by atoms with Gasteiger partial charge in [-0.25, -0.2) is 0 Å². The van der Waals surface area contributed by atoms with Gasteiger partial charge in [-0.3, -0.25) is 4.79 Å². The molecule has 1 aliphatic carbocycles. The maximum atomic E-state index is 12.2. The van der Waals surface area contributed by atoms with Crippen molar-refractivity contribution in [2.45, 2.75) is 58.3 Å². The zero-order chi connectivity index (χ0) is 15.1. The van der Waals surface area contributed by atoms with E-state index in [1.54, 1.807) is 6.08 Å². The fourth-order valence-corrected chi connectivity index (χ4v) is 2.53. The summed E-state index contributed by atoms with van der Waals surface area (Å²) in [6.07, 6.45) is 2.04. The number of aliphatic hydroxyl groups excluding tert-OH is 2. The summed E-state index contributed by atoms with van der Waals surface area (Å²) in [6, 6.07) is 0. The molecule has 0 amide bonds. The highest BCUT2D eigenvalue weighted by molar-refractivity contribution is 5.98. The van der Waals surface area contributed by atoms with Crippen LogP contribution in [0.3, 0.4) is 0 Å². The predicted molar refractivity (Wildman–Crippen MR) is 76.0 cm³/mol. The number of ketones is 1. The first kappa shape index (κ1) is 15.0. The van der Waals surface area contributed by atoms with Crippen molar-refractivity contribution >= 4 is 5.78 Å². The minimum Gasteiger partial charge on any atom is -0.487 e. The van der Waals surface area contributed by atoms with Gasteiger partial charge in [0.1, 0.15) is 17.5 Å². The number of allylic oxidation sites excluding steroid dienone is 3. The zero-order valence-corrected chi connectivity index (χ0v) is 12.4. The molecule has 0 spiro atoms. The Kier molecular flexibility index (Phi) is 3.89. The number of Topliss-reactive ketones (excluding diaryl/α,β-unsaturated/α-hetero) is 1. The van der Waals surface area contributed by atoms with E-state index < -0.39 is 17.8 Å². The Bertz CT molecular complexity index is 519. The molecule has 4 nitrogen and oxygen atoms in total. The normalized spacial score (nSPS) is 30.9. The van der Waals surface area contributed by atoms with Crippen LogP contribution < -0.4 is 0 Å². The summed E-state index contributed by atoms with van der Waals surface area (Å²) in [5, 5.41) is 20.1. The molecule has 0 radical (unpaired) electrons. The third kappa shape index (κ3) is 2.86. The lowest BCUT2D eigenvalue weighted by Gasteiger charge is -2.39. The van der Waals surface area contributed by atoms with Gasteiger partial charge in [-0.15, -0.1) is 0 Å². The smallest absolute Gasteiger partial charge is 0.166 e. The molecule has 0 aromatic heterocycles. The number of ether oxygens (including phenoxy) is 1. The van der Waals surface area contributed by atoms with E-state index >= 15 is 0 Å². The SMILES string of the molecule is CC(C)=C/C=C1/C2=C(C[C@@H](O)[C@H]1O)C(=O)CC(C)(C)O2. The number of rotatable bonds is 1. The molecule has 0 saturated carbocycles. The summed E-state index contributed by atoms with van der Waals surface area (Å²) in [5.41, 5.74) is 1.46. The van der Waals surface area contributed by atoms with Crippen LogP contribution in [-0.4, -0.2) is 33.8 Å². The highest BCUT2D eigenvalue weighted by Gasteiger charge is 2.42. The van der Waals surface area contributed by atoms with Gasteiger partial charge in [0, 0.05) is 17.6 Å². The summed E-state index contributed by atoms with van der Waals surface area (Å²) < 4.78 is 5.90. The molecule has 0 unspecified atom stereocenters. The van der Waals surface area contributed by atoms with E-state index in [-0.39, 0.29) is 12.2 Å². The van der Waals surface area contributed by atoms with Gasteiger partial charge in [-0.2, -0.15) is 0 Å². The van der Waals surface area contributed by atoms with Gasteiger partial charge >= 0.3 is 0 Å². The number of carbonyl (C=O) groups is 1. The van der Waals surface area contributed by atoms with E-state index in [0.717, 1.165) is 5.57 Å². The van der Waals surface area contributed by atoms with E-state index in [4.69, 9.17) is 4.74 Å². The number of hydrogen-bond donors (Lipinski definition) is 2. The van der Waals surface area contributed by atoms with Crippen LogP contribution in [0, 0.1) is 0 Å². The zero-order valence-electron chi connectivity index (χ0n) is 12.4. The molecule has 2 rings (SSSR count). The summed E-state index contributed by atoms with van der Waals surface area (Å²) in [6.45, 7) is 7.58. The molecule has 0 aromatic rings. The fraction of sp³-hybridized carbons (Fsp3) is 0.562. The Balaban J connectivity index is 2.52. The molecule has 2 N–H and O–H groups in total. The summed E-state index contributed by atoms with van der Waals surface area (Å²) in [7, 11) is 0. The van der Waals surface area contributed by atoms with Crippen LogP contribution in [0.4, 0.5) is 0 Å². The standard InChI is InChI=1S/C16H22O4/c1-9(2)5-6-10-14(19)12(17)7-11-13(18)8-16(3,4)20-15(10)11/h5-6,12,14,17,19H,7-8H2,1-4H3/b10-6+/t12-,14+/m1/s1. The van der Waals surface area contributed by atoms with Crippen LogP contribution in [0.15, 0.2) is 34.6 Å². The van der Waals surface area contributed by atoms with Crippen molar-refractivity contribution in [3.63, 3.8) is 0 Å². The summed E-state index contributed by atoms with van der Waals surface area (Å²) in [5.74, 6) is 0.437. The van der Waals surface area contributed by atoms with Crippen molar-refractivity contribution in [3.8, 4) is 0 Å². The van der Waals surface area contributed by atoms with Crippen molar-refractivity contribution in [1.82, 2.24) is 0 Å². The molecule has 110 valence electrons.